The molecule has 1 amide bonds. The third-order valence-corrected chi connectivity index (χ3v) is 5.70. The van der Waals surface area contributed by atoms with Gasteiger partial charge in [-0.1, -0.05) is 71.4 Å². The Morgan fingerprint density at radius 2 is 2.00 bits per heavy atom. The van der Waals surface area contributed by atoms with Crippen LogP contribution >= 0.6 is 0 Å². The van der Waals surface area contributed by atoms with Crippen LogP contribution in [0, 0.1) is 5.92 Å². The highest BCUT2D eigenvalue weighted by atomic mass is 16.5. The lowest BCUT2D eigenvalue weighted by Gasteiger charge is -2.26. The number of likely N-dealkylation sites (tertiary alicyclic amines) is 1. The fraction of sp³-hybridized carbons (Fsp3) is 0.593. The lowest BCUT2D eigenvalue weighted by molar-refractivity contribution is -0.120. The summed E-state index contributed by atoms with van der Waals surface area (Å²) < 4.78 is 5.82. The third kappa shape index (κ3) is 12.4. The molecule has 1 saturated heterocycles. The fourth-order valence-corrected chi connectivity index (χ4v) is 3.46. The summed E-state index contributed by atoms with van der Waals surface area (Å²) in [6, 6.07) is 0.192. The molecular weight excluding hydrogens is 440 g/mol. The summed E-state index contributed by atoms with van der Waals surface area (Å²) >= 11 is 0. The monoisotopic (exact) mass is 486 g/mol. The standard InChI is InChI=1S/C25H40N6O2.C2H6/c1-5-11-22(12-10-15-30-13-8-7-9-14-30)17-31-18-24(32)27-16-23(26)29-25(28-21(31)4)33-19-20(3)6-2;1-2/h5,10-12,16,20H,1,6-9,13-15,17-19,26H2,2-4H3,(H,27,32);1-2H3/b12-10+,22-11+,23-16+,28-21+,29-25+;. The van der Waals surface area contributed by atoms with Gasteiger partial charge in [0.1, 0.15) is 11.7 Å². The van der Waals surface area contributed by atoms with Gasteiger partial charge < -0.3 is 20.7 Å². The van der Waals surface area contributed by atoms with Crippen LogP contribution in [0.4, 0.5) is 0 Å². The summed E-state index contributed by atoms with van der Waals surface area (Å²) in [5, 5.41) is 2.69. The highest BCUT2D eigenvalue weighted by molar-refractivity contribution is 5.95. The topological polar surface area (TPSA) is 95.5 Å². The number of aliphatic imine (C=N–C) groups is 2. The van der Waals surface area contributed by atoms with Crippen molar-refractivity contribution in [2.75, 3.05) is 39.3 Å². The van der Waals surface area contributed by atoms with Crippen LogP contribution in [0.5, 0.6) is 0 Å². The Bertz CT molecular complexity index is 806. The zero-order valence-electron chi connectivity index (χ0n) is 22.4. The van der Waals surface area contributed by atoms with Gasteiger partial charge in [0.05, 0.1) is 13.2 Å². The summed E-state index contributed by atoms with van der Waals surface area (Å²) in [5.74, 6) is 0.941. The molecule has 35 heavy (non-hydrogen) atoms. The van der Waals surface area contributed by atoms with Crippen molar-refractivity contribution in [2.45, 2.75) is 60.3 Å². The van der Waals surface area contributed by atoms with Crippen molar-refractivity contribution in [3.8, 4) is 0 Å². The number of carbonyl (C=O) groups excluding carboxylic acids is 1. The van der Waals surface area contributed by atoms with Gasteiger partial charge in [-0.2, -0.15) is 9.98 Å². The molecule has 2 rings (SSSR count). The molecule has 8 heteroatoms. The first-order chi connectivity index (χ1) is 16.9. The van der Waals surface area contributed by atoms with Crippen molar-refractivity contribution in [3.63, 3.8) is 0 Å². The molecular formula is C27H46N6O2. The first kappa shape index (κ1) is 30.2. The van der Waals surface area contributed by atoms with E-state index in [9.17, 15) is 4.79 Å². The predicted molar refractivity (Wildman–Crippen MR) is 147 cm³/mol. The number of piperidine rings is 1. The van der Waals surface area contributed by atoms with Crippen LogP contribution < -0.4 is 11.1 Å². The summed E-state index contributed by atoms with van der Waals surface area (Å²) in [4.78, 5) is 25.6. The summed E-state index contributed by atoms with van der Waals surface area (Å²) in [6.45, 7) is 18.3. The zero-order valence-corrected chi connectivity index (χ0v) is 22.4. The normalized spacial score (nSPS) is 23.5. The molecule has 0 spiro atoms. The van der Waals surface area contributed by atoms with Crippen LogP contribution in [-0.2, 0) is 9.53 Å². The van der Waals surface area contributed by atoms with Gasteiger partial charge in [-0.05, 0) is 44.3 Å². The quantitative estimate of drug-likeness (QED) is 0.477. The Balaban J connectivity index is 0.00000298. The molecule has 0 aromatic heterocycles. The Kier molecular flexibility index (Phi) is 15.1. The summed E-state index contributed by atoms with van der Waals surface area (Å²) in [5.41, 5.74) is 6.93. The van der Waals surface area contributed by atoms with Crippen molar-refractivity contribution >= 4 is 17.8 Å². The number of nitrogens with one attached hydrogen (secondary N) is 1. The molecule has 2 aliphatic rings. The van der Waals surface area contributed by atoms with E-state index in [2.05, 4.69) is 52.8 Å². The van der Waals surface area contributed by atoms with Gasteiger partial charge in [-0.15, -0.1) is 0 Å². The second-order valence-electron chi connectivity index (χ2n) is 8.61. The Labute approximate surface area is 212 Å². The average molecular weight is 487 g/mol. The van der Waals surface area contributed by atoms with E-state index >= 15 is 0 Å². The molecule has 196 valence electrons. The van der Waals surface area contributed by atoms with Gasteiger partial charge >= 0.3 is 6.02 Å². The molecule has 0 bridgehead atoms. The molecule has 1 fully saturated rings. The maximum atomic E-state index is 12.4. The number of rotatable bonds is 9. The first-order valence-corrected chi connectivity index (χ1v) is 12.9. The predicted octanol–water partition coefficient (Wildman–Crippen LogP) is 4.19. The van der Waals surface area contributed by atoms with Gasteiger partial charge in [0.25, 0.3) is 0 Å². The number of nitrogens with two attached hydrogens (primary N) is 1. The van der Waals surface area contributed by atoms with Crippen LogP contribution in [0.2, 0.25) is 0 Å². The third-order valence-electron chi connectivity index (χ3n) is 5.70. The van der Waals surface area contributed by atoms with E-state index in [1.807, 2.05) is 31.7 Å². The Morgan fingerprint density at radius 1 is 1.29 bits per heavy atom. The fourth-order valence-electron chi connectivity index (χ4n) is 3.46. The molecule has 3 N–H and O–H groups in total. The number of hydrogen-bond donors (Lipinski definition) is 2. The van der Waals surface area contributed by atoms with Crippen LogP contribution in [0.1, 0.15) is 60.3 Å². The number of ether oxygens (including phenoxy) is 1. The first-order valence-electron chi connectivity index (χ1n) is 12.9. The van der Waals surface area contributed by atoms with E-state index in [1.54, 1.807) is 6.08 Å². The van der Waals surface area contributed by atoms with Gasteiger partial charge in [0.2, 0.25) is 5.91 Å². The van der Waals surface area contributed by atoms with Crippen molar-refractivity contribution in [3.05, 3.63) is 48.5 Å². The highest BCUT2D eigenvalue weighted by Gasteiger charge is 2.16. The van der Waals surface area contributed by atoms with E-state index in [0.717, 1.165) is 31.6 Å². The largest absolute Gasteiger partial charge is 0.463 e. The smallest absolute Gasteiger partial charge is 0.320 e. The molecule has 1 unspecified atom stereocenters. The molecule has 0 radical (unpaired) electrons. The van der Waals surface area contributed by atoms with Crippen molar-refractivity contribution < 1.29 is 9.53 Å². The maximum Gasteiger partial charge on any atom is 0.320 e. The van der Waals surface area contributed by atoms with Gasteiger partial charge in [-0.3, -0.25) is 9.69 Å². The number of amides is 1. The molecule has 0 aromatic rings. The molecule has 0 saturated carbocycles. The Morgan fingerprint density at radius 3 is 2.66 bits per heavy atom. The number of carbonyl (C=O) groups is 1. The van der Waals surface area contributed by atoms with E-state index in [-0.39, 0.29) is 24.3 Å². The van der Waals surface area contributed by atoms with Crippen molar-refractivity contribution in [2.24, 2.45) is 21.6 Å². The molecule has 2 heterocycles. The lowest BCUT2D eigenvalue weighted by atomic mass is 10.1. The zero-order chi connectivity index (χ0) is 26.1. The highest BCUT2D eigenvalue weighted by Crippen LogP contribution is 2.10. The van der Waals surface area contributed by atoms with Gasteiger partial charge in [0, 0.05) is 19.3 Å². The van der Waals surface area contributed by atoms with Crippen molar-refractivity contribution in [1.29, 1.82) is 0 Å². The summed E-state index contributed by atoms with van der Waals surface area (Å²) in [6.07, 6.45) is 14.2. The second kappa shape index (κ2) is 17.5. The number of amidine groups is 2. The van der Waals surface area contributed by atoms with Crippen LogP contribution in [0.25, 0.3) is 0 Å². The van der Waals surface area contributed by atoms with Crippen molar-refractivity contribution in [1.82, 2.24) is 15.1 Å². The van der Waals surface area contributed by atoms with Gasteiger partial charge in [0.15, 0.2) is 0 Å². The molecule has 1 atom stereocenters. The number of allylic oxidation sites excluding steroid dienone is 2. The molecule has 0 aromatic carbocycles. The minimum atomic E-state index is -0.193. The van der Waals surface area contributed by atoms with E-state index in [1.165, 1.54) is 25.5 Å². The molecule has 2 aliphatic heterocycles. The lowest BCUT2D eigenvalue weighted by Crippen LogP contribution is -2.40. The average Bonchev–Trinajstić information content (AvgIpc) is 2.86. The van der Waals surface area contributed by atoms with E-state index < -0.39 is 0 Å². The van der Waals surface area contributed by atoms with Gasteiger partial charge in [-0.25, -0.2) is 0 Å². The van der Waals surface area contributed by atoms with E-state index in [4.69, 9.17) is 10.5 Å². The van der Waals surface area contributed by atoms with E-state index in [0.29, 0.717) is 24.9 Å². The molecule has 0 aliphatic carbocycles. The minimum absolute atomic E-state index is 0.131. The maximum absolute atomic E-state index is 12.4. The van der Waals surface area contributed by atoms with Crippen LogP contribution in [0.15, 0.2) is 58.5 Å². The Hall–Kier alpha value is -2.87. The van der Waals surface area contributed by atoms with Crippen LogP contribution in [-0.4, -0.2) is 66.9 Å². The number of nitrogens with zero attached hydrogens (tertiary/aromatic N) is 4. The molecule has 8 nitrogen and oxygen atoms in total. The summed E-state index contributed by atoms with van der Waals surface area (Å²) in [7, 11) is 0. The van der Waals surface area contributed by atoms with Crippen LogP contribution in [0.3, 0.4) is 0 Å². The minimum Gasteiger partial charge on any atom is -0.463 e. The number of hydrogen-bond acceptors (Lipinski definition) is 7. The second-order valence-corrected chi connectivity index (χ2v) is 8.61. The SMILES string of the molecule is C=C/C=C(\C=C\CN1CCCCC1)CN1CC(=O)N/C=C(N)/N=C(OCC(C)CC)\N=C\1C.CC.